The highest BCUT2D eigenvalue weighted by Crippen LogP contribution is 2.46. The van der Waals surface area contributed by atoms with Crippen LogP contribution in [0.4, 0.5) is 17.6 Å². The number of thioether (sulfide) groups is 1. The van der Waals surface area contributed by atoms with Gasteiger partial charge in [0.05, 0.1) is 44.9 Å². The van der Waals surface area contributed by atoms with E-state index >= 15 is 8.78 Å². The lowest BCUT2D eigenvalue weighted by Gasteiger charge is -2.36. The number of hydrogen-bond acceptors (Lipinski definition) is 7. The van der Waals surface area contributed by atoms with E-state index in [9.17, 15) is 8.78 Å². The topological polar surface area (TPSA) is 58.0 Å². The molecule has 0 radical (unpaired) electrons. The summed E-state index contributed by atoms with van der Waals surface area (Å²) >= 11 is 1.18. The molecule has 1 aromatic heterocycles. The Kier molecular flexibility index (Phi) is 12.1. The molecule has 1 atom stereocenters. The number of hydrogen-bond donors (Lipinski definition) is 0. The summed E-state index contributed by atoms with van der Waals surface area (Å²) in [7, 11) is 5.36. The summed E-state index contributed by atoms with van der Waals surface area (Å²) in [4.78, 5) is 6.97. The fraction of sp³-hybridized carbons (Fsp3) is 0.417. The Labute approximate surface area is 283 Å². The van der Waals surface area contributed by atoms with E-state index in [0.717, 1.165) is 36.3 Å². The van der Waals surface area contributed by atoms with Crippen molar-refractivity contribution in [2.45, 2.75) is 42.5 Å². The van der Waals surface area contributed by atoms with Crippen molar-refractivity contribution in [1.29, 1.82) is 0 Å². The van der Waals surface area contributed by atoms with Crippen LogP contribution in [-0.4, -0.2) is 75.2 Å². The second-order valence-electron chi connectivity index (χ2n) is 12.1. The maximum Gasteiger partial charge on any atom is 0.173 e. The van der Waals surface area contributed by atoms with Gasteiger partial charge in [-0.2, -0.15) is 0 Å². The van der Waals surface area contributed by atoms with Gasteiger partial charge in [0.1, 0.15) is 29.8 Å². The van der Waals surface area contributed by atoms with Crippen LogP contribution in [0.5, 0.6) is 11.5 Å². The standard InChI is InChI=1S/C36H41F4N3O4S/c1-36(24-7-12-29(38)33(20-24)44-4)13-5-6-32-34(36)43(26-10-8-25(37)9-11-26)35(41-32)48-23-28-30(39)21-27(22-31(28)40)47-19-18-46-17-16-45-15-14-42(2)3/h7-12,20-22H,5-6,13-19,23H2,1-4H3. The maximum atomic E-state index is 15.3. The van der Waals surface area contributed by atoms with E-state index in [1.54, 1.807) is 24.3 Å². The highest BCUT2D eigenvalue weighted by Gasteiger charge is 2.40. The van der Waals surface area contributed by atoms with E-state index in [0.29, 0.717) is 37.1 Å². The van der Waals surface area contributed by atoms with Crippen molar-refractivity contribution in [3.8, 4) is 17.2 Å². The molecule has 0 amide bonds. The Bertz CT molecular complexity index is 1660. The van der Waals surface area contributed by atoms with Crippen molar-refractivity contribution in [1.82, 2.24) is 14.5 Å². The van der Waals surface area contributed by atoms with Crippen LogP contribution in [0, 0.1) is 23.3 Å². The molecule has 0 fully saturated rings. The normalized spacial score (nSPS) is 15.9. The third kappa shape index (κ3) is 8.34. The molecular weight excluding hydrogens is 646 g/mol. The van der Waals surface area contributed by atoms with Gasteiger partial charge < -0.3 is 23.8 Å². The van der Waals surface area contributed by atoms with Gasteiger partial charge in [0, 0.05) is 41.1 Å². The van der Waals surface area contributed by atoms with Crippen molar-refractivity contribution >= 4 is 11.8 Å². The van der Waals surface area contributed by atoms with Gasteiger partial charge in [-0.15, -0.1) is 0 Å². The molecule has 5 rings (SSSR count). The van der Waals surface area contributed by atoms with Crippen LogP contribution in [0.3, 0.4) is 0 Å². The van der Waals surface area contributed by atoms with E-state index in [4.69, 9.17) is 23.9 Å². The number of methoxy groups -OCH3 is 1. The van der Waals surface area contributed by atoms with Crippen LogP contribution < -0.4 is 9.47 Å². The number of likely N-dealkylation sites (N-methyl/N-ethyl adjacent to an activating group) is 1. The first kappa shape index (κ1) is 35.7. The minimum Gasteiger partial charge on any atom is -0.494 e. The van der Waals surface area contributed by atoms with Crippen molar-refractivity contribution in [2.24, 2.45) is 0 Å². The predicted molar refractivity (Wildman–Crippen MR) is 177 cm³/mol. The first-order valence-corrected chi connectivity index (χ1v) is 16.8. The Balaban J connectivity index is 1.33. The number of benzene rings is 3. The first-order valence-electron chi connectivity index (χ1n) is 15.9. The van der Waals surface area contributed by atoms with Gasteiger partial charge in [-0.25, -0.2) is 22.5 Å². The van der Waals surface area contributed by atoms with Gasteiger partial charge in [0.15, 0.2) is 16.7 Å². The number of imidazole rings is 1. The summed E-state index contributed by atoms with van der Waals surface area (Å²) in [6.07, 6.45) is 2.26. The molecule has 0 aliphatic heterocycles. The molecule has 1 heterocycles. The molecule has 3 aromatic carbocycles. The second-order valence-corrected chi connectivity index (χ2v) is 13.0. The average Bonchev–Trinajstić information content (AvgIpc) is 3.44. The zero-order valence-corrected chi connectivity index (χ0v) is 28.5. The molecular formula is C36H41F4N3O4S. The molecule has 0 saturated carbocycles. The fourth-order valence-corrected chi connectivity index (χ4v) is 6.90. The summed E-state index contributed by atoms with van der Waals surface area (Å²) in [5.41, 5.74) is 2.47. The summed E-state index contributed by atoms with van der Waals surface area (Å²) in [5, 5.41) is 0.510. The molecule has 12 heteroatoms. The van der Waals surface area contributed by atoms with Gasteiger partial charge in [0.25, 0.3) is 0 Å². The van der Waals surface area contributed by atoms with Crippen LogP contribution in [0.1, 0.15) is 42.3 Å². The monoisotopic (exact) mass is 687 g/mol. The summed E-state index contributed by atoms with van der Waals surface area (Å²) in [6, 6.07) is 13.2. The fourth-order valence-electron chi connectivity index (χ4n) is 5.85. The molecule has 0 N–H and O–H groups in total. The third-order valence-corrected chi connectivity index (χ3v) is 9.38. The van der Waals surface area contributed by atoms with E-state index in [1.807, 2.05) is 23.6 Å². The Morgan fingerprint density at radius 2 is 1.56 bits per heavy atom. The van der Waals surface area contributed by atoms with Crippen LogP contribution in [0.15, 0.2) is 59.8 Å². The van der Waals surface area contributed by atoms with Crippen LogP contribution in [0.25, 0.3) is 5.69 Å². The molecule has 0 bridgehead atoms. The first-order chi connectivity index (χ1) is 23.1. The van der Waals surface area contributed by atoms with Gasteiger partial charge in [-0.3, -0.25) is 4.57 Å². The molecule has 7 nitrogen and oxygen atoms in total. The third-order valence-electron chi connectivity index (χ3n) is 8.42. The molecule has 1 unspecified atom stereocenters. The molecule has 4 aromatic rings. The number of rotatable bonds is 16. The quantitative estimate of drug-likeness (QED) is 0.0694. The number of nitrogens with zero attached hydrogens (tertiary/aromatic N) is 3. The van der Waals surface area contributed by atoms with Gasteiger partial charge in [0.2, 0.25) is 0 Å². The van der Waals surface area contributed by atoms with Crippen molar-refractivity contribution in [2.75, 3.05) is 60.8 Å². The number of aromatic nitrogens is 2. The number of aryl methyl sites for hydroxylation is 1. The molecule has 48 heavy (non-hydrogen) atoms. The van der Waals surface area contributed by atoms with Crippen molar-refractivity contribution in [3.05, 3.63) is 100 Å². The van der Waals surface area contributed by atoms with Crippen molar-refractivity contribution < 1.29 is 36.5 Å². The Hall–Kier alpha value is -3.58. The minimum absolute atomic E-state index is 0.0486. The zero-order chi connectivity index (χ0) is 34.3. The molecule has 1 aliphatic carbocycles. The largest absolute Gasteiger partial charge is 0.494 e. The van der Waals surface area contributed by atoms with Crippen LogP contribution in [-0.2, 0) is 27.1 Å². The van der Waals surface area contributed by atoms with E-state index in [1.165, 1.54) is 49.2 Å². The molecule has 0 spiro atoms. The SMILES string of the molecule is COc1cc(C2(C)CCCc3nc(SCc4c(F)cc(OCCOCCOCCN(C)C)cc4F)n(-c4ccc(F)cc4)c32)ccc1F. The van der Waals surface area contributed by atoms with E-state index in [-0.39, 0.29) is 36.0 Å². The Morgan fingerprint density at radius 3 is 2.25 bits per heavy atom. The van der Waals surface area contributed by atoms with Crippen molar-refractivity contribution in [3.63, 3.8) is 0 Å². The lowest BCUT2D eigenvalue weighted by atomic mass is 9.71. The maximum absolute atomic E-state index is 15.3. The van der Waals surface area contributed by atoms with Crippen LogP contribution >= 0.6 is 11.8 Å². The van der Waals surface area contributed by atoms with E-state index < -0.39 is 28.7 Å². The van der Waals surface area contributed by atoms with E-state index in [2.05, 4.69) is 6.92 Å². The second kappa shape index (κ2) is 16.2. The lowest BCUT2D eigenvalue weighted by molar-refractivity contribution is 0.0324. The summed E-state index contributed by atoms with van der Waals surface area (Å²) in [5.74, 6) is -2.17. The highest BCUT2D eigenvalue weighted by molar-refractivity contribution is 7.98. The van der Waals surface area contributed by atoms with Crippen LogP contribution in [0.2, 0.25) is 0 Å². The number of fused-ring (bicyclic) bond motifs is 1. The predicted octanol–water partition coefficient (Wildman–Crippen LogP) is 7.35. The smallest absolute Gasteiger partial charge is 0.173 e. The number of halogens is 4. The number of ether oxygens (including phenoxy) is 4. The Morgan fingerprint density at radius 1 is 0.875 bits per heavy atom. The van der Waals surface area contributed by atoms with Gasteiger partial charge in [-0.05, 0) is 82.2 Å². The van der Waals surface area contributed by atoms with Gasteiger partial charge in [-0.1, -0.05) is 17.8 Å². The summed E-state index contributed by atoms with van der Waals surface area (Å²) < 4.78 is 82.6. The summed E-state index contributed by atoms with van der Waals surface area (Å²) in [6.45, 7) is 4.72. The lowest BCUT2D eigenvalue weighted by Crippen LogP contribution is -2.31. The molecule has 258 valence electrons. The molecule has 0 saturated heterocycles. The zero-order valence-electron chi connectivity index (χ0n) is 27.7. The minimum atomic E-state index is -0.736. The van der Waals surface area contributed by atoms with Gasteiger partial charge >= 0.3 is 0 Å². The average molecular weight is 688 g/mol. The highest BCUT2D eigenvalue weighted by atomic mass is 32.2. The molecule has 1 aliphatic rings.